The molecule has 8 heteroatoms. The van der Waals surface area contributed by atoms with Crippen molar-refractivity contribution in [1.29, 1.82) is 0 Å². The first-order valence-corrected chi connectivity index (χ1v) is 8.59. The summed E-state index contributed by atoms with van der Waals surface area (Å²) in [7, 11) is -3.19. The van der Waals surface area contributed by atoms with Crippen LogP contribution in [0.2, 0.25) is 0 Å². The van der Waals surface area contributed by atoms with Crippen molar-refractivity contribution in [2.45, 2.75) is 5.75 Å². The third-order valence-electron chi connectivity index (χ3n) is 2.79. The first-order chi connectivity index (χ1) is 10.7. The maximum atomic E-state index is 13.1. The molecule has 0 heterocycles. The number of hydrogen-bond donors (Lipinski definition) is 2. The molecule has 0 bridgehead atoms. The minimum Gasteiger partial charge on any atom is -0.308 e. The van der Waals surface area contributed by atoms with Gasteiger partial charge in [0, 0.05) is 23.7 Å². The second-order valence-electron chi connectivity index (χ2n) is 4.98. The van der Waals surface area contributed by atoms with Crippen LogP contribution in [0.4, 0.5) is 25.0 Å². The maximum Gasteiger partial charge on any atom is 0.323 e. The summed E-state index contributed by atoms with van der Waals surface area (Å²) in [5.41, 5.74) is 0.998. The van der Waals surface area contributed by atoms with Gasteiger partial charge in [-0.05, 0) is 29.8 Å². The van der Waals surface area contributed by atoms with Crippen molar-refractivity contribution in [1.82, 2.24) is 0 Å². The second kappa shape index (κ2) is 6.74. The molecule has 2 amide bonds. The van der Waals surface area contributed by atoms with E-state index < -0.39 is 27.5 Å². The molecule has 2 aromatic rings. The van der Waals surface area contributed by atoms with E-state index in [4.69, 9.17) is 0 Å². The Labute approximate surface area is 132 Å². The highest BCUT2D eigenvalue weighted by Gasteiger charge is 2.08. The Kier molecular flexibility index (Phi) is 4.95. The molecule has 0 aliphatic rings. The van der Waals surface area contributed by atoms with Gasteiger partial charge in [0.05, 0.1) is 5.75 Å². The van der Waals surface area contributed by atoms with E-state index in [0.29, 0.717) is 11.3 Å². The molecule has 0 radical (unpaired) electrons. The lowest BCUT2D eigenvalue weighted by atomic mass is 10.2. The Bertz CT molecular complexity index is 838. The number of anilines is 2. The monoisotopic (exact) mass is 340 g/mol. The van der Waals surface area contributed by atoms with E-state index in [2.05, 4.69) is 10.6 Å². The topological polar surface area (TPSA) is 75.3 Å². The van der Waals surface area contributed by atoms with Crippen LogP contribution in [0, 0.1) is 11.6 Å². The van der Waals surface area contributed by atoms with Gasteiger partial charge >= 0.3 is 6.03 Å². The fourth-order valence-corrected chi connectivity index (χ4v) is 2.69. The maximum absolute atomic E-state index is 13.1. The Morgan fingerprint density at radius 2 is 1.65 bits per heavy atom. The molecule has 23 heavy (non-hydrogen) atoms. The van der Waals surface area contributed by atoms with Gasteiger partial charge in [0.15, 0.2) is 21.5 Å². The smallest absolute Gasteiger partial charge is 0.308 e. The molecule has 2 N–H and O–H groups in total. The van der Waals surface area contributed by atoms with Gasteiger partial charge in [-0.3, -0.25) is 0 Å². The molecule has 0 atom stereocenters. The number of amides is 2. The fourth-order valence-electron chi connectivity index (χ4n) is 1.91. The summed E-state index contributed by atoms with van der Waals surface area (Å²) in [5.74, 6) is -2.23. The summed E-state index contributed by atoms with van der Waals surface area (Å²) in [6.45, 7) is 0. The predicted octanol–water partition coefficient (Wildman–Crippen LogP) is 3.15. The third kappa shape index (κ3) is 5.33. The van der Waals surface area contributed by atoms with Gasteiger partial charge in [0.1, 0.15) is 0 Å². The van der Waals surface area contributed by atoms with Crippen LogP contribution in [-0.2, 0) is 15.6 Å². The minimum absolute atomic E-state index is 0.0914. The van der Waals surface area contributed by atoms with E-state index in [-0.39, 0.29) is 11.4 Å². The van der Waals surface area contributed by atoms with Crippen LogP contribution in [-0.4, -0.2) is 20.7 Å². The molecular formula is C15H14F2N2O3S. The molecule has 0 unspecified atom stereocenters. The summed E-state index contributed by atoms with van der Waals surface area (Å²) in [6.07, 6.45) is 1.11. The number of halogens is 2. The van der Waals surface area contributed by atoms with Crippen molar-refractivity contribution in [3.63, 3.8) is 0 Å². The molecule has 0 spiro atoms. The second-order valence-corrected chi connectivity index (χ2v) is 7.12. The van der Waals surface area contributed by atoms with Crippen molar-refractivity contribution in [2.75, 3.05) is 16.9 Å². The summed E-state index contributed by atoms with van der Waals surface area (Å²) in [4.78, 5) is 11.8. The van der Waals surface area contributed by atoms with Crippen molar-refractivity contribution in [3.8, 4) is 0 Å². The van der Waals surface area contributed by atoms with Gasteiger partial charge in [0.2, 0.25) is 0 Å². The summed E-state index contributed by atoms with van der Waals surface area (Å²) in [5, 5.41) is 4.84. The van der Waals surface area contributed by atoms with E-state index in [1.54, 1.807) is 18.2 Å². The van der Waals surface area contributed by atoms with Crippen LogP contribution >= 0.6 is 0 Å². The number of urea groups is 1. The molecule has 2 aromatic carbocycles. The van der Waals surface area contributed by atoms with Crippen LogP contribution < -0.4 is 10.6 Å². The number of benzene rings is 2. The lowest BCUT2D eigenvalue weighted by Gasteiger charge is -2.09. The van der Waals surface area contributed by atoms with Gasteiger partial charge in [-0.15, -0.1) is 0 Å². The number of rotatable bonds is 4. The predicted molar refractivity (Wildman–Crippen MR) is 84.0 cm³/mol. The Morgan fingerprint density at radius 1 is 1.00 bits per heavy atom. The lowest BCUT2D eigenvalue weighted by Crippen LogP contribution is -2.19. The molecule has 0 fully saturated rings. The lowest BCUT2D eigenvalue weighted by molar-refractivity contribution is 0.262. The third-order valence-corrected chi connectivity index (χ3v) is 3.65. The number of sulfone groups is 1. The minimum atomic E-state index is -3.19. The molecule has 5 nitrogen and oxygen atoms in total. The standard InChI is InChI=1S/C15H14F2N2O3S/c1-23(21,22)9-10-3-2-4-11(7-10)18-15(20)19-12-5-6-13(16)14(17)8-12/h2-8H,9H2,1H3,(H2,18,19,20). The van der Waals surface area contributed by atoms with Crippen LogP contribution in [0.1, 0.15) is 5.56 Å². The largest absolute Gasteiger partial charge is 0.323 e. The fraction of sp³-hybridized carbons (Fsp3) is 0.133. The van der Waals surface area contributed by atoms with Gasteiger partial charge in [-0.25, -0.2) is 22.0 Å². The highest BCUT2D eigenvalue weighted by molar-refractivity contribution is 7.89. The van der Waals surface area contributed by atoms with E-state index in [1.807, 2.05) is 0 Å². The van der Waals surface area contributed by atoms with Crippen molar-refractivity contribution >= 4 is 27.2 Å². The molecular weight excluding hydrogens is 326 g/mol. The summed E-state index contributed by atoms with van der Waals surface area (Å²) < 4.78 is 48.4. The Hall–Kier alpha value is -2.48. The average Bonchev–Trinajstić information content (AvgIpc) is 2.41. The number of carbonyl (C=O) groups is 1. The highest BCUT2D eigenvalue weighted by Crippen LogP contribution is 2.15. The normalized spacial score (nSPS) is 11.1. The van der Waals surface area contributed by atoms with Gasteiger partial charge in [0.25, 0.3) is 0 Å². The first-order valence-electron chi connectivity index (χ1n) is 6.53. The molecule has 0 aliphatic heterocycles. The number of carbonyl (C=O) groups excluding carboxylic acids is 1. The molecule has 0 saturated carbocycles. The van der Waals surface area contributed by atoms with E-state index in [1.165, 1.54) is 12.1 Å². The van der Waals surface area contributed by atoms with E-state index in [0.717, 1.165) is 18.4 Å². The zero-order valence-electron chi connectivity index (χ0n) is 12.1. The zero-order chi connectivity index (χ0) is 17.0. The highest BCUT2D eigenvalue weighted by atomic mass is 32.2. The quantitative estimate of drug-likeness (QED) is 0.898. The van der Waals surface area contributed by atoms with Crippen LogP contribution in [0.5, 0.6) is 0 Å². The van der Waals surface area contributed by atoms with Crippen molar-refractivity contribution in [3.05, 3.63) is 59.7 Å². The van der Waals surface area contributed by atoms with E-state index >= 15 is 0 Å². The Morgan fingerprint density at radius 3 is 2.26 bits per heavy atom. The van der Waals surface area contributed by atoms with Crippen LogP contribution in [0.15, 0.2) is 42.5 Å². The number of hydrogen-bond acceptors (Lipinski definition) is 3. The summed E-state index contributed by atoms with van der Waals surface area (Å²) in [6, 6.07) is 8.65. The van der Waals surface area contributed by atoms with Crippen LogP contribution in [0.3, 0.4) is 0 Å². The Balaban J connectivity index is 2.05. The van der Waals surface area contributed by atoms with Crippen molar-refractivity contribution in [2.24, 2.45) is 0 Å². The molecule has 0 saturated heterocycles. The van der Waals surface area contributed by atoms with Crippen molar-refractivity contribution < 1.29 is 22.0 Å². The molecule has 0 aromatic heterocycles. The van der Waals surface area contributed by atoms with Gasteiger partial charge in [-0.2, -0.15) is 0 Å². The number of nitrogens with one attached hydrogen (secondary N) is 2. The summed E-state index contributed by atoms with van der Waals surface area (Å²) >= 11 is 0. The molecule has 122 valence electrons. The average molecular weight is 340 g/mol. The SMILES string of the molecule is CS(=O)(=O)Cc1cccc(NC(=O)Nc2ccc(F)c(F)c2)c1. The van der Waals surface area contributed by atoms with Gasteiger partial charge in [-0.1, -0.05) is 12.1 Å². The van der Waals surface area contributed by atoms with Gasteiger partial charge < -0.3 is 10.6 Å². The van der Waals surface area contributed by atoms with E-state index in [9.17, 15) is 22.0 Å². The molecule has 0 aliphatic carbocycles. The zero-order valence-corrected chi connectivity index (χ0v) is 13.0. The first kappa shape index (κ1) is 16.9. The molecule has 2 rings (SSSR count). The van der Waals surface area contributed by atoms with Crippen LogP contribution in [0.25, 0.3) is 0 Å².